The van der Waals surface area contributed by atoms with Crippen molar-refractivity contribution in [1.82, 2.24) is 14.2 Å². The summed E-state index contributed by atoms with van der Waals surface area (Å²) in [6.07, 6.45) is 1.58. The molecule has 21 heavy (non-hydrogen) atoms. The predicted molar refractivity (Wildman–Crippen MR) is 72.7 cm³/mol. The van der Waals surface area contributed by atoms with Gasteiger partial charge >= 0.3 is 5.69 Å². The zero-order chi connectivity index (χ0) is 15.0. The number of aromatic nitrogens is 3. The van der Waals surface area contributed by atoms with Crippen molar-refractivity contribution < 1.29 is 8.78 Å². The van der Waals surface area contributed by atoms with Crippen molar-refractivity contribution in [2.45, 2.75) is 12.6 Å². The second kappa shape index (κ2) is 5.10. The van der Waals surface area contributed by atoms with Crippen LogP contribution in [0.4, 0.5) is 8.78 Å². The molecule has 2 heterocycles. The van der Waals surface area contributed by atoms with Gasteiger partial charge in [0.25, 0.3) is 0 Å². The van der Waals surface area contributed by atoms with Gasteiger partial charge in [-0.05, 0) is 18.2 Å². The molecule has 0 aliphatic carbocycles. The summed E-state index contributed by atoms with van der Waals surface area (Å²) in [4.78, 5) is 12.1. The molecule has 0 aliphatic rings. The first kappa shape index (κ1) is 13.4. The van der Waals surface area contributed by atoms with E-state index in [0.29, 0.717) is 5.65 Å². The smallest absolute Gasteiger partial charge is 0.322 e. The lowest BCUT2D eigenvalue weighted by atomic mass is 10.1. The Labute approximate surface area is 118 Å². The Balaban J connectivity index is 1.96. The number of hydrogen-bond acceptors (Lipinski definition) is 3. The van der Waals surface area contributed by atoms with Gasteiger partial charge in [0, 0.05) is 11.8 Å². The second-order valence-corrected chi connectivity index (χ2v) is 4.64. The molecule has 108 valence electrons. The van der Waals surface area contributed by atoms with Crippen LogP contribution in [0.2, 0.25) is 0 Å². The minimum Gasteiger partial charge on any atom is -0.322 e. The molecule has 3 aromatic rings. The van der Waals surface area contributed by atoms with Crippen molar-refractivity contribution in [3.8, 4) is 0 Å². The van der Waals surface area contributed by atoms with Crippen LogP contribution in [0.3, 0.4) is 0 Å². The normalized spacial score (nSPS) is 12.7. The molecule has 0 fully saturated rings. The summed E-state index contributed by atoms with van der Waals surface area (Å²) in [6, 6.07) is 8.03. The summed E-state index contributed by atoms with van der Waals surface area (Å²) < 4.78 is 29.4. The van der Waals surface area contributed by atoms with E-state index in [1.54, 1.807) is 24.4 Å². The standard InChI is InChI=1S/C14H12F2N4O/c15-10-5-3-4-9(13(10)16)11(17)8-20-14(21)19-7-2-1-6-12(19)18-20/h1-7,11H,8,17H2. The largest absolute Gasteiger partial charge is 0.350 e. The minimum atomic E-state index is -0.998. The van der Waals surface area contributed by atoms with Gasteiger partial charge in [-0.2, -0.15) is 0 Å². The number of halogens is 2. The fourth-order valence-electron chi connectivity index (χ4n) is 2.18. The number of nitrogens with zero attached hydrogens (tertiary/aromatic N) is 3. The highest BCUT2D eigenvalue weighted by molar-refractivity contribution is 5.35. The van der Waals surface area contributed by atoms with Gasteiger partial charge in [-0.25, -0.2) is 18.3 Å². The van der Waals surface area contributed by atoms with Gasteiger partial charge in [0.1, 0.15) is 0 Å². The van der Waals surface area contributed by atoms with Crippen LogP contribution in [0, 0.1) is 11.6 Å². The molecule has 0 aliphatic heterocycles. The van der Waals surface area contributed by atoms with Crippen LogP contribution >= 0.6 is 0 Å². The SMILES string of the molecule is NC(Cn1nc2ccccn2c1=O)c1cccc(F)c1F. The van der Waals surface area contributed by atoms with Crippen molar-refractivity contribution in [1.29, 1.82) is 0 Å². The second-order valence-electron chi connectivity index (χ2n) is 4.64. The Morgan fingerprint density at radius 3 is 2.76 bits per heavy atom. The highest BCUT2D eigenvalue weighted by Gasteiger charge is 2.17. The number of hydrogen-bond donors (Lipinski definition) is 1. The average Bonchev–Trinajstić information content (AvgIpc) is 2.79. The van der Waals surface area contributed by atoms with Crippen LogP contribution in [0.5, 0.6) is 0 Å². The molecule has 1 unspecified atom stereocenters. The van der Waals surface area contributed by atoms with E-state index in [2.05, 4.69) is 5.10 Å². The van der Waals surface area contributed by atoms with Crippen LogP contribution in [0.25, 0.3) is 5.65 Å². The molecule has 5 nitrogen and oxygen atoms in total. The molecule has 0 saturated heterocycles. The molecule has 0 radical (unpaired) electrons. The molecular weight excluding hydrogens is 278 g/mol. The zero-order valence-electron chi connectivity index (χ0n) is 10.9. The summed E-state index contributed by atoms with van der Waals surface area (Å²) in [7, 11) is 0. The third kappa shape index (κ3) is 2.31. The quantitative estimate of drug-likeness (QED) is 0.794. The van der Waals surface area contributed by atoms with Crippen LogP contribution < -0.4 is 11.4 Å². The van der Waals surface area contributed by atoms with Gasteiger partial charge in [-0.3, -0.25) is 4.40 Å². The molecule has 2 N–H and O–H groups in total. The maximum atomic E-state index is 13.7. The molecule has 0 saturated carbocycles. The predicted octanol–water partition coefficient (Wildman–Crippen LogP) is 1.47. The number of fused-ring (bicyclic) bond motifs is 1. The van der Waals surface area contributed by atoms with Gasteiger partial charge in [0.05, 0.1) is 12.6 Å². The molecule has 2 aromatic heterocycles. The Morgan fingerprint density at radius 2 is 2.00 bits per heavy atom. The number of nitrogens with two attached hydrogens (primary N) is 1. The van der Waals surface area contributed by atoms with Crippen LogP contribution in [-0.4, -0.2) is 14.2 Å². The molecule has 0 bridgehead atoms. The van der Waals surface area contributed by atoms with Crippen LogP contribution in [0.1, 0.15) is 11.6 Å². The molecule has 1 atom stereocenters. The van der Waals surface area contributed by atoms with Gasteiger partial charge in [0.15, 0.2) is 17.3 Å². The Morgan fingerprint density at radius 1 is 1.19 bits per heavy atom. The molecule has 7 heteroatoms. The minimum absolute atomic E-state index is 0.0129. The van der Waals surface area contributed by atoms with Crippen molar-refractivity contribution in [2.75, 3.05) is 0 Å². The van der Waals surface area contributed by atoms with Crippen LogP contribution in [0.15, 0.2) is 47.4 Å². The average molecular weight is 290 g/mol. The van der Waals surface area contributed by atoms with E-state index in [9.17, 15) is 13.6 Å². The Hall–Kier alpha value is -2.54. The van der Waals surface area contributed by atoms with Gasteiger partial charge in [-0.1, -0.05) is 18.2 Å². The molecule has 0 amide bonds. The fourth-order valence-corrected chi connectivity index (χ4v) is 2.18. The van der Waals surface area contributed by atoms with Crippen LogP contribution in [-0.2, 0) is 6.54 Å². The zero-order valence-corrected chi connectivity index (χ0v) is 10.9. The fraction of sp³-hybridized carbons (Fsp3) is 0.143. The number of pyridine rings is 1. The highest BCUT2D eigenvalue weighted by Crippen LogP contribution is 2.18. The van der Waals surface area contributed by atoms with Gasteiger partial charge in [-0.15, -0.1) is 5.10 Å². The Kier molecular flexibility index (Phi) is 3.26. The molecule has 1 aromatic carbocycles. The summed E-state index contributed by atoms with van der Waals surface area (Å²) in [5.41, 5.74) is 5.97. The van der Waals surface area contributed by atoms with E-state index in [4.69, 9.17) is 5.73 Å². The first-order valence-corrected chi connectivity index (χ1v) is 6.31. The van der Waals surface area contributed by atoms with Crippen molar-refractivity contribution in [2.24, 2.45) is 5.73 Å². The third-order valence-corrected chi connectivity index (χ3v) is 3.24. The van der Waals surface area contributed by atoms with E-state index >= 15 is 0 Å². The maximum Gasteiger partial charge on any atom is 0.350 e. The molecule has 3 rings (SSSR count). The summed E-state index contributed by atoms with van der Waals surface area (Å²) in [6.45, 7) is -0.0408. The molecular formula is C14H12F2N4O. The monoisotopic (exact) mass is 290 g/mol. The number of benzene rings is 1. The number of rotatable bonds is 3. The van der Waals surface area contributed by atoms with Gasteiger partial charge in [0.2, 0.25) is 0 Å². The van der Waals surface area contributed by atoms with Crippen molar-refractivity contribution >= 4 is 5.65 Å². The van der Waals surface area contributed by atoms with E-state index in [1.165, 1.54) is 16.5 Å². The lowest BCUT2D eigenvalue weighted by molar-refractivity contribution is 0.460. The first-order chi connectivity index (χ1) is 10.1. The first-order valence-electron chi connectivity index (χ1n) is 6.31. The van der Waals surface area contributed by atoms with Crippen molar-refractivity contribution in [3.05, 3.63) is 70.3 Å². The summed E-state index contributed by atoms with van der Waals surface area (Å²) in [5, 5.41) is 4.10. The van der Waals surface area contributed by atoms with E-state index in [1.807, 2.05) is 0 Å². The third-order valence-electron chi connectivity index (χ3n) is 3.24. The van der Waals surface area contributed by atoms with Gasteiger partial charge < -0.3 is 5.73 Å². The molecule has 0 spiro atoms. The summed E-state index contributed by atoms with van der Waals surface area (Å²) in [5.74, 6) is -1.97. The topological polar surface area (TPSA) is 65.3 Å². The summed E-state index contributed by atoms with van der Waals surface area (Å²) >= 11 is 0. The Bertz CT molecular complexity index is 856. The lowest BCUT2D eigenvalue weighted by Crippen LogP contribution is -2.28. The van der Waals surface area contributed by atoms with E-state index in [-0.39, 0.29) is 17.8 Å². The maximum absolute atomic E-state index is 13.7. The van der Waals surface area contributed by atoms with Crippen molar-refractivity contribution in [3.63, 3.8) is 0 Å². The van der Waals surface area contributed by atoms with E-state index in [0.717, 1.165) is 10.7 Å². The highest BCUT2D eigenvalue weighted by atomic mass is 19.2. The van der Waals surface area contributed by atoms with E-state index < -0.39 is 17.7 Å². The lowest BCUT2D eigenvalue weighted by Gasteiger charge is -2.12.